The Morgan fingerprint density at radius 1 is 0.850 bits per heavy atom. The molecule has 0 aliphatic heterocycles. The van der Waals surface area contributed by atoms with Crippen LogP contribution in [-0.4, -0.2) is 48.3 Å². The lowest BCUT2D eigenvalue weighted by Gasteiger charge is -2.19. The Hall–Kier alpha value is -4.16. The van der Waals surface area contributed by atoms with Gasteiger partial charge in [0.15, 0.2) is 11.5 Å². The number of nitrogens with zero attached hydrogens (tertiary/aromatic N) is 2. The molecule has 4 rings (SSSR count). The highest BCUT2D eigenvalue weighted by molar-refractivity contribution is 5.85. The number of nitrogens with two attached hydrogens (primary N) is 1. The van der Waals surface area contributed by atoms with Crippen LogP contribution in [0.1, 0.15) is 20.8 Å². The lowest BCUT2D eigenvalue weighted by molar-refractivity contribution is 0.0519. The number of benzene rings is 2. The summed E-state index contributed by atoms with van der Waals surface area (Å²) in [5.74, 6) is 1.06. The minimum absolute atomic E-state index is 0. The zero-order valence-electron chi connectivity index (χ0n) is 22.2. The highest BCUT2D eigenvalue weighted by atomic mass is 35.5. The lowest BCUT2D eigenvalue weighted by atomic mass is 10.2. The third-order valence-electron chi connectivity index (χ3n) is 4.62. The van der Waals surface area contributed by atoms with E-state index in [2.05, 4.69) is 15.6 Å². The number of ether oxygens (including phenoxy) is 3. The Bertz CT molecular complexity index is 1310. The number of hydrogen-bond acceptors (Lipinski definition) is 9. The van der Waals surface area contributed by atoms with E-state index in [-0.39, 0.29) is 43.1 Å². The molecular weight excluding hydrogens is 550 g/mol. The number of halogens is 3. The lowest BCUT2D eigenvalue weighted by Crippen LogP contribution is -2.34. The summed E-state index contributed by atoms with van der Waals surface area (Å²) in [6, 6.07) is 15.0. The number of rotatable bonds is 9. The molecule has 40 heavy (non-hydrogen) atoms. The highest BCUT2D eigenvalue weighted by Gasteiger charge is 2.15. The van der Waals surface area contributed by atoms with E-state index in [9.17, 15) is 13.6 Å². The molecule has 2 aromatic heterocycles. The van der Waals surface area contributed by atoms with Crippen molar-refractivity contribution in [2.24, 2.45) is 5.73 Å². The Morgan fingerprint density at radius 3 is 1.73 bits per heavy atom. The number of aromatic nitrogens is 2. The molecule has 1 amide bonds. The van der Waals surface area contributed by atoms with Gasteiger partial charge in [0, 0.05) is 29.8 Å². The summed E-state index contributed by atoms with van der Waals surface area (Å²) in [4.78, 5) is 11.4. The van der Waals surface area contributed by atoms with Crippen molar-refractivity contribution in [1.29, 1.82) is 0 Å². The van der Waals surface area contributed by atoms with Gasteiger partial charge >= 0.3 is 6.09 Å². The van der Waals surface area contributed by atoms with Gasteiger partial charge in [0.2, 0.25) is 0 Å². The molecule has 2 heterocycles. The molecule has 10 nitrogen and oxygen atoms in total. The molecular formula is C27H31ClF2N4O6. The van der Waals surface area contributed by atoms with Crippen molar-refractivity contribution in [1.82, 2.24) is 15.6 Å². The third kappa shape index (κ3) is 10.9. The number of nitrogens with one attached hydrogen (secondary N) is 1. The summed E-state index contributed by atoms with van der Waals surface area (Å²) in [6.45, 7) is 6.65. The first-order chi connectivity index (χ1) is 18.6. The van der Waals surface area contributed by atoms with Gasteiger partial charge in [0.05, 0.1) is 6.54 Å². The van der Waals surface area contributed by atoms with Crippen molar-refractivity contribution in [3.05, 3.63) is 72.3 Å². The van der Waals surface area contributed by atoms with Crippen LogP contribution < -0.4 is 20.5 Å². The van der Waals surface area contributed by atoms with E-state index in [4.69, 9.17) is 29.0 Å². The molecule has 0 atom stereocenters. The Kier molecular flexibility index (Phi) is 12.4. The first-order valence-corrected chi connectivity index (χ1v) is 12.0. The highest BCUT2D eigenvalue weighted by Crippen LogP contribution is 2.24. The Labute approximate surface area is 236 Å². The summed E-state index contributed by atoms with van der Waals surface area (Å²) < 4.78 is 51.4. The van der Waals surface area contributed by atoms with Crippen LogP contribution in [0.4, 0.5) is 13.6 Å². The number of carbonyl (C=O) groups is 1. The second-order valence-electron chi connectivity index (χ2n) is 8.99. The molecule has 0 radical (unpaired) electrons. The number of alkyl carbamates (subject to hydrolysis) is 1. The van der Waals surface area contributed by atoms with Gasteiger partial charge in [-0.1, -0.05) is 0 Å². The van der Waals surface area contributed by atoms with Gasteiger partial charge in [-0.05, 0) is 79.6 Å². The van der Waals surface area contributed by atoms with Crippen molar-refractivity contribution >= 4 is 18.5 Å². The monoisotopic (exact) mass is 580 g/mol. The van der Waals surface area contributed by atoms with Gasteiger partial charge in [-0.2, -0.15) is 0 Å². The van der Waals surface area contributed by atoms with Gasteiger partial charge in [0.25, 0.3) is 11.8 Å². The van der Waals surface area contributed by atoms with E-state index in [0.29, 0.717) is 36.1 Å². The zero-order chi connectivity index (χ0) is 28.3. The normalized spacial score (nSPS) is 10.6. The minimum Gasteiger partial charge on any atom is -0.474 e. The van der Waals surface area contributed by atoms with Crippen molar-refractivity contribution in [2.75, 3.05) is 26.3 Å². The maximum absolute atomic E-state index is 12.9. The van der Waals surface area contributed by atoms with Crippen molar-refractivity contribution in [3.8, 4) is 34.4 Å². The fourth-order valence-electron chi connectivity index (χ4n) is 2.94. The van der Waals surface area contributed by atoms with Crippen LogP contribution in [-0.2, 0) is 4.74 Å². The zero-order valence-corrected chi connectivity index (χ0v) is 23.0. The molecule has 3 N–H and O–H groups in total. The molecule has 0 unspecified atom stereocenters. The van der Waals surface area contributed by atoms with E-state index >= 15 is 0 Å². The van der Waals surface area contributed by atoms with Gasteiger partial charge in [-0.15, -0.1) is 12.4 Å². The predicted molar refractivity (Wildman–Crippen MR) is 145 cm³/mol. The molecule has 4 aromatic rings. The van der Waals surface area contributed by atoms with Crippen LogP contribution >= 0.6 is 12.4 Å². The molecule has 0 saturated carbocycles. The van der Waals surface area contributed by atoms with Crippen molar-refractivity contribution < 1.29 is 36.8 Å². The third-order valence-corrected chi connectivity index (χ3v) is 4.62. The SMILES string of the molecule is CC(C)(C)OC(=O)NCCOc1cc(-c2ccc(F)cc2)on1.Cl.NCCOc1cc(-c2ccc(F)cc2)on1. The van der Waals surface area contributed by atoms with Crippen LogP contribution in [0.25, 0.3) is 22.6 Å². The van der Waals surface area contributed by atoms with Crippen LogP contribution in [0, 0.1) is 11.6 Å². The van der Waals surface area contributed by atoms with Crippen molar-refractivity contribution in [2.45, 2.75) is 26.4 Å². The molecule has 2 aromatic carbocycles. The Morgan fingerprint density at radius 2 is 1.30 bits per heavy atom. The molecule has 0 fully saturated rings. The van der Waals surface area contributed by atoms with E-state index < -0.39 is 11.7 Å². The first-order valence-electron chi connectivity index (χ1n) is 12.0. The number of amides is 1. The predicted octanol–water partition coefficient (Wildman–Crippen LogP) is 5.62. The average Bonchev–Trinajstić information content (AvgIpc) is 3.56. The quantitative estimate of drug-likeness (QED) is 0.242. The number of hydrogen-bond donors (Lipinski definition) is 2. The first kappa shape index (κ1) is 32.1. The summed E-state index contributed by atoms with van der Waals surface area (Å²) >= 11 is 0. The smallest absolute Gasteiger partial charge is 0.407 e. The fourth-order valence-corrected chi connectivity index (χ4v) is 2.94. The Balaban J connectivity index is 0.000000290. The molecule has 0 aliphatic rings. The largest absolute Gasteiger partial charge is 0.474 e. The summed E-state index contributed by atoms with van der Waals surface area (Å²) in [7, 11) is 0. The van der Waals surface area contributed by atoms with E-state index in [1.807, 2.05) is 0 Å². The summed E-state index contributed by atoms with van der Waals surface area (Å²) in [5, 5.41) is 10.0. The molecule has 0 bridgehead atoms. The van der Waals surface area contributed by atoms with Gasteiger partial charge in [-0.3, -0.25) is 0 Å². The van der Waals surface area contributed by atoms with E-state index in [1.165, 1.54) is 24.3 Å². The molecule has 216 valence electrons. The molecule has 0 saturated heterocycles. The summed E-state index contributed by atoms with van der Waals surface area (Å²) in [6.07, 6.45) is -0.506. The molecule has 0 aliphatic carbocycles. The number of carbonyl (C=O) groups excluding carboxylic acids is 1. The van der Waals surface area contributed by atoms with E-state index in [0.717, 1.165) is 5.56 Å². The summed E-state index contributed by atoms with van der Waals surface area (Å²) in [5.41, 5.74) is 6.19. The van der Waals surface area contributed by atoms with Crippen molar-refractivity contribution in [3.63, 3.8) is 0 Å². The van der Waals surface area contributed by atoms with Gasteiger partial charge < -0.3 is 34.3 Å². The maximum atomic E-state index is 12.9. The second kappa shape index (κ2) is 15.4. The minimum atomic E-state index is -0.541. The average molecular weight is 581 g/mol. The fraction of sp³-hybridized carbons (Fsp3) is 0.296. The van der Waals surface area contributed by atoms with Gasteiger partial charge in [-0.25, -0.2) is 13.6 Å². The van der Waals surface area contributed by atoms with Crippen LogP contribution in [0.3, 0.4) is 0 Å². The van der Waals surface area contributed by atoms with Crippen LogP contribution in [0.2, 0.25) is 0 Å². The van der Waals surface area contributed by atoms with Crippen LogP contribution in [0.5, 0.6) is 11.8 Å². The molecule has 0 spiro atoms. The van der Waals surface area contributed by atoms with Gasteiger partial charge in [0.1, 0.15) is 30.4 Å². The topological polar surface area (TPSA) is 135 Å². The van der Waals surface area contributed by atoms with Crippen LogP contribution in [0.15, 0.2) is 69.7 Å². The standard InChI is InChI=1S/C16H19FN2O4.C11H11FN2O2.ClH/c1-16(2,3)22-15(20)18-8-9-21-14-10-13(23-19-14)11-4-6-12(17)7-5-11;12-9-3-1-8(2-4-9)10-7-11(14-16-10)15-6-5-13;/h4-7,10H,8-9H2,1-3H3,(H,18,20);1-4,7H,5-6,13H2;1H. The maximum Gasteiger partial charge on any atom is 0.407 e. The van der Waals surface area contributed by atoms with E-state index in [1.54, 1.807) is 57.2 Å². The second-order valence-corrected chi connectivity index (χ2v) is 8.99. The molecule has 13 heteroatoms.